The summed E-state index contributed by atoms with van der Waals surface area (Å²) in [7, 11) is 3.40. The fourth-order valence-corrected chi connectivity index (χ4v) is 5.09. The summed E-state index contributed by atoms with van der Waals surface area (Å²) in [5.41, 5.74) is 19.0. The van der Waals surface area contributed by atoms with E-state index in [2.05, 4.69) is 20.2 Å². The minimum absolute atomic E-state index is 0.0510. The van der Waals surface area contributed by atoms with Crippen LogP contribution < -0.4 is 31.9 Å². The van der Waals surface area contributed by atoms with Gasteiger partial charge in [0.15, 0.2) is 23.7 Å². The summed E-state index contributed by atoms with van der Waals surface area (Å²) >= 11 is 0. The highest BCUT2D eigenvalue weighted by molar-refractivity contribution is 5.78. The van der Waals surface area contributed by atoms with E-state index in [4.69, 9.17) is 22.3 Å². The normalized spacial score (nSPS) is 13.6. The fourth-order valence-electron chi connectivity index (χ4n) is 5.09. The number of nitrogens with zero attached hydrogens (tertiary/aromatic N) is 9. The molecule has 0 spiro atoms. The maximum Gasteiger partial charge on any atom is 0.328 e. The molecule has 3 aromatic heterocycles. The van der Waals surface area contributed by atoms with Gasteiger partial charge in [0.05, 0.1) is 48.6 Å². The first kappa shape index (κ1) is 34.1. The lowest BCUT2D eigenvalue weighted by atomic mass is 10.1. The van der Waals surface area contributed by atoms with Crippen molar-refractivity contribution in [1.29, 1.82) is 0 Å². The van der Waals surface area contributed by atoms with Crippen LogP contribution in [0.5, 0.6) is 0 Å². The van der Waals surface area contributed by atoms with Gasteiger partial charge in [0.2, 0.25) is 0 Å². The van der Waals surface area contributed by atoms with Crippen LogP contribution in [0.3, 0.4) is 0 Å². The quantitative estimate of drug-likeness (QED) is 0.135. The topological polar surface area (TPSA) is 253 Å². The van der Waals surface area contributed by atoms with Crippen molar-refractivity contribution in [2.24, 2.45) is 0 Å². The van der Waals surface area contributed by atoms with E-state index in [0.717, 1.165) is 18.9 Å². The van der Waals surface area contributed by atoms with Crippen LogP contribution in [0, 0.1) is 0 Å². The van der Waals surface area contributed by atoms with Crippen molar-refractivity contribution in [2.45, 2.75) is 45.3 Å². The average Bonchev–Trinajstić information content (AvgIpc) is 3.77. The van der Waals surface area contributed by atoms with E-state index in [1.165, 1.54) is 21.8 Å². The summed E-state index contributed by atoms with van der Waals surface area (Å²) in [6.45, 7) is 7.16. The van der Waals surface area contributed by atoms with Crippen LogP contribution in [0.2, 0.25) is 0 Å². The number of hydrogen-bond donors (Lipinski definition) is 6. The predicted molar refractivity (Wildman–Crippen MR) is 169 cm³/mol. The Balaban J connectivity index is 0.000000292. The van der Waals surface area contributed by atoms with Gasteiger partial charge in [-0.2, -0.15) is 15.3 Å². The van der Waals surface area contributed by atoms with E-state index >= 15 is 0 Å². The highest BCUT2D eigenvalue weighted by atomic mass is 16.4. The Hall–Kier alpha value is -5.42. The Morgan fingerprint density at radius 1 is 0.822 bits per heavy atom. The van der Waals surface area contributed by atoms with Crippen LogP contribution in [0.25, 0.3) is 0 Å². The molecule has 3 aromatic rings. The molecule has 2 atom stereocenters. The number of aliphatic carboxylic acids is 3. The molecular formula is C27H42N12O6. The number of rotatable bonds is 14. The van der Waals surface area contributed by atoms with Crippen LogP contribution >= 0.6 is 0 Å². The number of carboxylic acids is 3. The molecule has 45 heavy (non-hydrogen) atoms. The lowest BCUT2D eigenvalue weighted by molar-refractivity contribution is -0.145. The zero-order valence-corrected chi connectivity index (χ0v) is 25.8. The minimum atomic E-state index is -1.28. The second kappa shape index (κ2) is 14.8. The van der Waals surface area contributed by atoms with E-state index < -0.39 is 30.0 Å². The summed E-state index contributed by atoms with van der Waals surface area (Å²) in [6, 6.07) is -2.55. The Morgan fingerprint density at radius 2 is 1.33 bits per heavy atom. The third-order valence-electron chi connectivity index (χ3n) is 7.18. The molecule has 0 saturated heterocycles. The van der Waals surface area contributed by atoms with E-state index in [9.17, 15) is 24.6 Å². The lowest BCUT2D eigenvalue weighted by Crippen LogP contribution is -2.33. The number of anilines is 6. The van der Waals surface area contributed by atoms with E-state index in [1.807, 2.05) is 30.9 Å². The number of nitrogens with two attached hydrogens (primary N) is 3. The average molecular weight is 631 g/mol. The number of carbonyl (C=O) groups is 3. The van der Waals surface area contributed by atoms with Crippen LogP contribution in [-0.4, -0.2) is 103 Å². The number of aromatic nitrogens is 6. The molecular weight excluding hydrogens is 588 g/mol. The monoisotopic (exact) mass is 630 g/mol. The Labute approximate surface area is 259 Å². The van der Waals surface area contributed by atoms with Gasteiger partial charge < -0.3 is 47.2 Å². The second-order valence-electron chi connectivity index (χ2n) is 10.4. The van der Waals surface area contributed by atoms with Gasteiger partial charge in [0.25, 0.3) is 0 Å². The van der Waals surface area contributed by atoms with Crippen molar-refractivity contribution >= 4 is 52.4 Å². The largest absolute Gasteiger partial charge is 0.481 e. The van der Waals surface area contributed by atoms with Crippen molar-refractivity contribution in [2.75, 3.05) is 72.2 Å². The third kappa shape index (κ3) is 7.76. The van der Waals surface area contributed by atoms with Gasteiger partial charge in [-0.1, -0.05) is 12.2 Å². The van der Waals surface area contributed by atoms with Gasteiger partial charge in [-0.05, 0) is 13.8 Å². The van der Waals surface area contributed by atoms with Crippen molar-refractivity contribution < 1.29 is 29.7 Å². The summed E-state index contributed by atoms with van der Waals surface area (Å²) in [5.74, 6) is -1.65. The first-order valence-corrected chi connectivity index (χ1v) is 14.3. The van der Waals surface area contributed by atoms with Crippen LogP contribution in [0.4, 0.5) is 34.5 Å². The van der Waals surface area contributed by atoms with Crippen LogP contribution in [0.15, 0.2) is 30.7 Å². The number of aryl methyl sites for hydroxylation is 1. The van der Waals surface area contributed by atoms with E-state index in [-0.39, 0.29) is 12.8 Å². The minimum Gasteiger partial charge on any atom is -0.481 e. The summed E-state index contributed by atoms with van der Waals surface area (Å²) in [5, 5.41) is 40.6. The molecule has 246 valence electrons. The predicted octanol–water partition coefficient (Wildman–Crippen LogP) is 0.814. The number of hydrogen-bond acceptors (Lipinski definition) is 12. The van der Waals surface area contributed by atoms with Crippen molar-refractivity contribution in [1.82, 2.24) is 29.3 Å². The molecule has 18 heteroatoms. The van der Waals surface area contributed by atoms with Gasteiger partial charge in [-0.3, -0.25) is 4.79 Å². The molecule has 1 aliphatic heterocycles. The van der Waals surface area contributed by atoms with E-state index in [0.29, 0.717) is 48.3 Å². The molecule has 2 unspecified atom stereocenters. The van der Waals surface area contributed by atoms with E-state index in [1.54, 1.807) is 29.9 Å². The molecule has 0 amide bonds. The van der Waals surface area contributed by atoms with Crippen molar-refractivity contribution in [3.05, 3.63) is 30.7 Å². The molecule has 0 bridgehead atoms. The molecule has 0 aliphatic carbocycles. The molecule has 0 radical (unpaired) electrons. The Bertz CT molecular complexity index is 1500. The van der Waals surface area contributed by atoms with Crippen molar-refractivity contribution in [3.8, 4) is 0 Å². The summed E-state index contributed by atoms with van der Waals surface area (Å²) in [4.78, 5) is 40.2. The van der Waals surface area contributed by atoms with Crippen molar-refractivity contribution in [3.63, 3.8) is 0 Å². The maximum absolute atomic E-state index is 12.1. The highest BCUT2D eigenvalue weighted by Crippen LogP contribution is 2.34. The molecule has 0 saturated carbocycles. The molecule has 0 fully saturated rings. The third-order valence-corrected chi connectivity index (χ3v) is 7.18. The van der Waals surface area contributed by atoms with Gasteiger partial charge in [-0.25, -0.2) is 23.6 Å². The van der Waals surface area contributed by atoms with Gasteiger partial charge in [-0.15, -0.1) is 0 Å². The molecule has 9 N–H and O–H groups in total. The summed E-state index contributed by atoms with van der Waals surface area (Å²) < 4.78 is 4.14. The van der Waals surface area contributed by atoms with Gasteiger partial charge >= 0.3 is 17.9 Å². The van der Waals surface area contributed by atoms with Gasteiger partial charge in [0, 0.05) is 46.7 Å². The van der Waals surface area contributed by atoms with Gasteiger partial charge in [0.1, 0.15) is 5.82 Å². The first-order chi connectivity index (χ1) is 21.3. The van der Waals surface area contributed by atoms with Crippen LogP contribution in [0.1, 0.15) is 38.8 Å². The second-order valence-corrected chi connectivity index (χ2v) is 10.4. The zero-order valence-electron chi connectivity index (χ0n) is 25.8. The smallest absolute Gasteiger partial charge is 0.328 e. The fraction of sp³-hybridized carbons (Fsp3) is 0.481. The first-order valence-electron chi connectivity index (χ1n) is 14.3. The summed E-state index contributed by atoms with van der Waals surface area (Å²) in [6.07, 6.45) is 7.89. The molecule has 0 aromatic carbocycles. The highest BCUT2D eigenvalue weighted by Gasteiger charge is 2.35. The number of carboxylic acid groups (broad SMARTS) is 3. The SMILES string of the molecule is CCN(CC)c1c(N)cnn1CCC(=O)O.CN(C)c1c(N)cnn1C(CC(C(=O)O)n1ncc(N)c1N1CC=CC1)C(=O)O. The zero-order chi connectivity index (χ0) is 33.4. The maximum atomic E-state index is 12.1. The molecule has 4 heterocycles. The molecule has 18 nitrogen and oxygen atoms in total. The molecule has 4 rings (SSSR count). The molecule has 1 aliphatic rings. The van der Waals surface area contributed by atoms with Crippen LogP contribution in [-0.2, 0) is 20.9 Å². The number of nitrogen functional groups attached to an aromatic ring is 3. The lowest BCUT2D eigenvalue weighted by Gasteiger charge is -2.26. The standard InChI is InChI=1S/C17H24N8O4.C10H18N4O2/c1-22(2)14-10(18)8-20-24(14)12(16(26)27)7-13(17(28)29)25-15(11(19)9-21-25)23-5-3-4-6-23;1-3-13(4-2)10-8(11)7-12-14(10)6-5-9(15)16/h3-4,8-9,12-13H,5-7,18-19H2,1-2H3,(H,26,27)(H,28,29);7H,3-6,11H2,1-2H3,(H,15,16). The Morgan fingerprint density at radius 3 is 1.87 bits per heavy atom. The Kier molecular flexibility index (Phi) is 11.2.